The summed E-state index contributed by atoms with van der Waals surface area (Å²) >= 11 is 0. The molecule has 0 aromatic carbocycles. The Morgan fingerprint density at radius 2 is 2.16 bits per heavy atom. The summed E-state index contributed by atoms with van der Waals surface area (Å²) in [7, 11) is -1.06. The highest BCUT2D eigenvalue weighted by molar-refractivity contribution is 6.76. The first-order valence-electron chi connectivity index (χ1n) is 6.48. The van der Waals surface area contributed by atoms with Crippen LogP contribution in [0.25, 0.3) is 0 Å². The van der Waals surface area contributed by atoms with Gasteiger partial charge in [-0.05, 0) is 19.9 Å². The molecule has 1 aromatic rings. The number of aromatic nitrogens is 2. The van der Waals surface area contributed by atoms with E-state index in [0.29, 0.717) is 12.4 Å². The predicted octanol–water partition coefficient (Wildman–Crippen LogP) is 2.34. The molecule has 0 spiro atoms. The summed E-state index contributed by atoms with van der Waals surface area (Å²) in [6.07, 6.45) is 7.04. The number of rotatable bonds is 6. The molecule has 5 heteroatoms. The first kappa shape index (κ1) is 16.0. The minimum absolute atomic E-state index is 0.448. The molecule has 0 fully saturated rings. The molecule has 0 saturated heterocycles. The number of aryl methyl sites for hydroxylation is 1. The molecule has 19 heavy (non-hydrogen) atoms. The van der Waals surface area contributed by atoms with Crippen molar-refractivity contribution in [3.05, 3.63) is 17.7 Å². The van der Waals surface area contributed by atoms with Crippen molar-refractivity contribution in [3.8, 4) is 12.3 Å². The molecule has 0 aliphatic carbocycles. The van der Waals surface area contributed by atoms with E-state index >= 15 is 0 Å². The number of hydrogen-bond acceptors (Lipinski definition) is 3. The summed E-state index contributed by atoms with van der Waals surface area (Å²) in [5.41, 5.74) is -0.838. The van der Waals surface area contributed by atoms with Gasteiger partial charge in [0.05, 0.1) is 0 Å². The maximum Gasteiger partial charge on any atom is 0.166 e. The van der Waals surface area contributed by atoms with E-state index in [0.717, 1.165) is 18.5 Å². The van der Waals surface area contributed by atoms with Crippen LogP contribution >= 0.6 is 0 Å². The first-order valence-corrected chi connectivity index (χ1v) is 10.2. The molecule has 106 valence electrons. The number of aliphatic hydroxyl groups is 1. The van der Waals surface area contributed by atoms with Crippen LogP contribution in [0.5, 0.6) is 0 Å². The molecular formula is C14H24N2O2Si. The largest absolute Gasteiger partial charge is 0.372 e. The third-order valence-electron chi connectivity index (χ3n) is 2.98. The van der Waals surface area contributed by atoms with Gasteiger partial charge in [-0.3, -0.25) is 0 Å². The van der Waals surface area contributed by atoms with Gasteiger partial charge < -0.3 is 14.4 Å². The van der Waals surface area contributed by atoms with Crippen LogP contribution in [0.2, 0.25) is 25.7 Å². The number of ether oxygens (including phenoxy) is 1. The van der Waals surface area contributed by atoms with E-state index in [1.165, 1.54) is 0 Å². The SMILES string of the molecule is C#CC(C)(O)c1cn(COCC[Si](C)(C)C)c(C)n1. The van der Waals surface area contributed by atoms with Gasteiger partial charge >= 0.3 is 0 Å². The summed E-state index contributed by atoms with van der Waals surface area (Å²) in [5.74, 6) is 3.12. The third kappa shape index (κ3) is 4.82. The lowest BCUT2D eigenvalue weighted by atomic mass is 10.1. The molecule has 1 N–H and O–H groups in total. The summed E-state index contributed by atoms with van der Waals surface area (Å²) in [6, 6.07) is 1.13. The van der Waals surface area contributed by atoms with E-state index in [4.69, 9.17) is 11.2 Å². The Labute approximate surface area is 116 Å². The Bertz CT molecular complexity index is 467. The smallest absolute Gasteiger partial charge is 0.166 e. The van der Waals surface area contributed by atoms with Gasteiger partial charge in [-0.1, -0.05) is 25.6 Å². The molecular weight excluding hydrogens is 256 g/mol. The maximum absolute atomic E-state index is 9.96. The van der Waals surface area contributed by atoms with Gasteiger partial charge in [-0.2, -0.15) is 0 Å². The lowest BCUT2D eigenvalue weighted by Crippen LogP contribution is -2.22. The molecule has 1 atom stereocenters. The van der Waals surface area contributed by atoms with Crippen molar-refractivity contribution in [3.63, 3.8) is 0 Å². The fourth-order valence-electron chi connectivity index (χ4n) is 1.49. The highest BCUT2D eigenvalue weighted by atomic mass is 28.3. The zero-order chi connectivity index (χ0) is 14.7. The highest BCUT2D eigenvalue weighted by Crippen LogP contribution is 2.18. The van der Waals surface area contributed by atoms with E-state index in [-0.39, 0.29) is 0 Å². The Balaban J connectivity index is 2.59. The average Bonchev–Trinajstić information content (AvgIpc) is 2.66. The van der Waals surface area contributed by atoms with Crippen molar-refractivity contribution < 1.29 is 9.84 Å². The standard InChI is InChI=1S/C14H24N2O2Si/c1-7-14(3,17)13-10-16(12(2)15-13)11-18-8-9-19(4,5)6/h1,10,17H,8-9,11H2,2-6H3. The normalized spacial score (nSPS) is 15.0. The minimum atomic E-state index is -1.33. The second-order valence-electron chi connectivity index (χ2n) is 6.21. The molecule has 1 heterocycles. The summed E-state index contributed by atoms with van der Waals surface area (Å²) in [4.78, 5) is 4.28. The quantitative estimate of drug-likeness (QED) is 0.494. The Kier molecular flexibility index (Phi) is 4.96. The van der Waals surface area contributed by atoms with Gasteiger partial charge in [0.2, 0.25) is 0 Å². The van der Waals surface area contributed by atoms with Gasteiger partial charge in [-0.25, -0.2) is 4.98 Å². The third-order valence-corrected chi connectivity index (χ3v) is 4.69. The van der Waals surface area contributed by atoms with Crippen LogP contribution in [0.4, 0.5) is 0 Å². The Morgan fingerprint density at radius 1 is 1.53 bits per heavy atom. The zero-order valence-corrected chi connectivity index (χ0v) is 13.5. The number of hydrogen-bond donors (Lipinski definition) is 1. The molecule has 0 amide bonds. The van der Waals surface area contributed by atoms with Crippen molar-refractivity contribution in [1.29, 1.82) is 0 Å². The van der Waals surface area contributed by atoms with Crippen LogP contribution in [0.1, 0.15) is 18.4 Å². The van der Waals surface area contributed by atoms with Gasteiger partial charge in [0.15, 0.2) is 5.60 Å². The molecule has 0 bridgehead atoms. The number of nitrogens with zero attached hydrogens (tertiary/aromatic N) is 2. The first-order chi connectivity index (χ1) is 8.65. The van der Waals surface area contributed by atoms with Crippen molar-refractivity contribution in [2.24, 2.45) is 0 Å². The number of terminal acetylenes is 1. The summed E-state index contributed by atoms with van der Waals surface area (Å²) in [6.45, 7) is 11.6. The Hall–Kier alpha value is -1.09. The van der Waals surface area contributed by atoms with Crippen molar-refractivity contribution in [2.45, 2.75) is 51.9 Å². The fraction of sp³-hybridized carbons (Fsp3) is 0.643. The van der Waals surface area contributed by atoms with Crippen LogP contribution in [0.3, 0.4) is 0 Å². The topological polar surface area (TPSA) is 47.3 Å². The average molecular weight is 280 g/mol. The van der Waals surface area contributed by atoms with Gasteiger partial charge in [0.1, 0.15) is 18.2 Å². The molecule has 1 rings (SSSR count). The van der Waals surface area contributed by atoms with Gasteiger partial charge in [0, 0.05) is 20.9 Å². The summed E-state index contributed by atoms with van der Waals surface area (Å²) < 4.78 is 7.53. The van der Waals surface area contributed by atoms with Crippen LogP contribution < -0.4 is 0 Å². The van der Waals surface area contributed by atoms with E-state index in [1.54, 1.807) is 13.1 Å². The van der Waals surface area contributed by atoms with E-state index in [1.807, 2.05) is 11.5 Å². The van der Waals surface area contributed by atoms with Crippen LogP contribution in [-0.4, -0.2) is 29.3 Å². The van der Waals surface area contributed by atoms with Crippen LogP contribution in [0, 0.1) is 19.3 Å². The second kappa shape index (κ2) is 5.91. The fourth-order valence-corrected chi connectivity index (χ4v) is 2.25. The minimum Gasteiger partial charge on any atom is -0.372 e. The molecule has 0 saturated carbocycles. The monoisotopic (exact) mass is 280 g/mol. The molecule has 1 unspecified atom stereocenters. The van der Waals surface area contributed by atoms with Gasteiger partial charge in [-0.15, -0.1) is 6.42 Å². The van der Waals surface area contributed by atoms with E-state index in [9.17, 15) is 5.11 Å². The van der Waals surface area contributed by atoms with Crippen molar-refractivity contribution in [1.82, 2.24) is 9.55 Å². The van der Waals surface area contributed by atoms with Crippen molar-refractivity contribution in [2.75, 3.05) is 6.61 Å². The molecule has 0 aliphatic rings. The molecule has 1 aromatic heterocycles. The predicted molar refractivity (Wildman–Crippen MR) is 79.5 cm³/mol. The van der Waals surface area contributed by atoms with Crippen LogP contribution in [-0.2, 0) is 17.1 Å². The molecule has 0 aliphatic heterocycles. The lowest BCUT2D eigenvalue weighted by Gasteiger charge is -2.15. The molecule has 4 nitrogen and oxygen atoms in total. The van der Waals surface area contributed by atoms with Gasteiger partial charge in [0.25, 0.3) is 0 Å². The maximum atomic E-state index is 9.96. The Morgan fingerprint density at radius 3 is 2.68 bits per heavy atom. The van der Waals surface area contributed by atoms with Crippen molar-refractivity contribution >= 4 is 8.07 Å². The van der Waals surface area contributed by atoms with E-state index in [2.05, 4.69) is 30.5 Å². The van der Waals surface area contributed by atoms with Crippen LogP contribution in [0.15, 0.2) is 6.20 Å². The lowest BCUT2D eigenvalue weighted by molar-refractivity contribution is 0.0850. The molecule has 0 radical (unpaired) electrons. The number of imidazole rings is 1. The summed E-state index contributed by atoms with van der Waals surface area (Å²) in [5, 5.41) is 9.96. The second-order valence-corrected chi connectivity index (χ2v) is 11.8. The zero-order valence-electron chi connectivity index (χ0n) is 12.5. The highest BCUT2D eigenvalue weighted by Gasteiger charge is 2.23. The van der Waals surface area contributed by atoms with E-state index < -0.39 is 13.7 Å².